The van der Waals surface area contributed by atoms with Crippen LogP contribution in [0.4, 0.5) is 4.79 Å². The zero-order chi connectivity index (χ0) is 15.9. The van der Waals surface area contributed by atoms with Gasteiger partial charge in [0.15, 0.2) is 0 Å². The first-order chi connectivity index (χ1) is 10.6. The van der Waals surface area contributed by atoms with Crippen molar-refractivity contribution < 1.29 is 14.6 Å². The molecule has 0 saturated heterocycles. The Hall–Kier alpha value is -1.01. The summed E-state index contributed by atoms with van der Waals surface area (Å²) in [6.45, 7) is 1.72. The van der Waals surface area contributed by atoms with Crippen LogP contribution in [0, 0.1) is 5.92 Å². The fourth-order valence-electron chi connectivity index (χ4n) is 1.95. The highest BCUT2D eigenvalue weighted by atomic mass is 35.5. The van der Waals surface area contributed by atoms with Crippen LogP contribution in [0.25, 0.3) is 0 Å². The van der Waals surface area contributed by atoms with Gasteiger partial charge in [-0.15, -0.1) is 0 Å². The molecule has 122 valence electrons. The fourth-order valence-corrected chi connectivity index (χ4v) is 2.60. The second kappa shape index (κ2) is 8.58. The van der Waals surface area contributed by atoms with Crippen LogP contribution in [0.5, 0.6) is 0 Å². The van der Waals surface area contributed by atoms with Gasteiger partial charge in [-0.05, 0) is 30.9 Å². The summed E-state index contributed by atoms with van der Waals surface area (Å²) < 4.78 is 5.41. The Kier molecular flexibility index (Phi) is 6.76. The van der Waals surface area contributed by atoms with E-state index in [9.17, 15) is 9.90 Å². The Morgan fingerprint density at radius 2 is 2.00 bits per heavy atom. The van der Waals surface area contributed by atoms with Crippen LogP contribution in [0.15, 0.2) is 18.2 Å². The molecule has 1 aliphatic rings. The molecule has 0 radical (unpaired) electrons. The molecule has 2 amide bonds. The van der Waals surface area contributed by atoms with Crippen molar-refractivity contribution >= 4 is 29.2 Å². The zero-order valence-electron chi connectivity index (χ0n) is 12.1. The lowest BCUT2D eigenvalue weighted by atomic mass is 10.1. The van der Waals surface area contributed by atoms with Gasteiger partial charge >= 0.3 is 6.03 Å². The summed E-state index contributed by atoms with van der Waals surface area (Å²) in [5.74, 6) is 0.712. The number of amides is 2. The summed E-state index contributed by atoms with van der Waals surface area (Å²) in [6.07, 6.45) is 1.53. The van der Waals surface area contributed by atoms with E-state index >= 15 is 0 Å². The van der Waals surface area contributed by atoms with E-state index in [0.29, 0.717) is 34.7 Å². The summed E-state index contributed by atoms with van der Waals surface area (Å²) in [4.78, 5) is 11.6. The van der Waals surface area contributed by atoms with E-state index in [1.165, 1.54) is 12.8 Å². The van der Waals surface area contributed by atoms with Crippen molar-refractivity contribution in [3.63, 3.8) is 0 Å². The summed E-state index contributed by atoms with van der Waals surface area (Å²) >= 11 is 12.0. The van der Waals surface area contributed by atoms with Gasteiger partial charge in [-0.3, -0.25) is 0 Å². The third-order valence-corrected chi connectivity index (χ3v) is 4.03. The van der Waals surface area contributed by atoms with Crippen LogP contribution in [0.3, 0.4) is 0 Å². The molecule has 1 aromatic carbocycles. The number of aliphatic hydroxyl groups is 1. The lowest BCUT2D eigenvalue weighted by molar-refractivity contribution is 0.126. The number of halogens is 2. The van der Waals surface area contributed by atoms with Gasteiger partial charge < -0.3 is 20.5 Å². The quantitative estimate of drug-likeness (QED) is 0.634. The number of nitrogens with one attached hydrogen (secondary N) is 2. The highest BCUT2D eigenvalue weighted by molar-refractivity contribution is 6.36. The van der Waals surface area contributed by atoms with Crippen LogP contribution in [-0.2, 0) is 4.74 Å². The fraction of sp³-hybridized carbons (Fsp3) is 0.533. The molecular formula is C15H20Cl2N2O3. The molecule has 0 heterocycles. The summed E-state index contributed by atoms with van der Waals surface area (Å²) in [5, 5.41) is 16.0. The maximum Gasteiger partial charge on any atom is 0.314 e. The Morgan fingerprint density at radius 1 is 1.32 bits per heavy atom. The SMILES string of the molecule is O=C(NCCOCC1CC1)NCC(O)c1c(Cl)cccc1Cl. The number of carbonyl (C=O) groups is 1. The van der Waals surface area contributed by atoms with Crippen molar-refractivity contribution in [2.45, 2.75) is 18.9 Å². The second-order valence-corrected chi connectivity index (χ2v) is 6.12. The predicted octanol–water partition coefficient (Wildman–Crippen LogP) is 2.75. The predicted molar refractivity (Wildman–Crippen MR) is 86.4 cm³/mol. The number of carbonyl (C=O) groups excluding carboxylic acids is 1. The molecule has 0 bridgehead atoms. The van der Waals surface area contributed by atoms with Crippen molar-refractivity contribution in [1.29, 1.82) is 0 Å². The number of benzene rings is 1. The van der Waals surface area contributed by atoms with Gasteiger partial charge in [0, 0.05) is 35.3 Å². The molecule has 1 saturated carbocycles. The molecule has 1 aromatic rings. The van der Waals surface area contributed by atoms with Crippen molar-refractivity contribution in [3.8, 4) is 0 Å². The van der Waals surface area contributed by atoms with Gasteiger partial charge in [0.2, 0.25) is 0 Å². The van der Waals surface area contributed by atoms with E-state index in [1.807, 2.05) is 0 Å². The zero-order valence-corrected chi connectivity index (χ0v) is 13.7. The molecule has 2 rings (SSSR count). The first-order valence-corrected chi connectivity index (χ1v) is 8.05. The van der Waals surface area contributed by atoms with Crippen LogP contribution in [-0.4, -0.2) is 37.4 Å². The molecule has 1 fully saturated rings. The van der Waals surface area contributed by atoms with Crippen molar-refractivity contribution in [3.05, 3.63) is 33.8 Å². The van der Waals surface area contributed by atoms with Crippen LogP contribution >= 0.6 is 23.2 Å². The van der Waals surface area contributed by atoms with E-state index in [4.69, 9.17) is 27.9 Å². The van der Waals surface area contributed by atoms with Crippen molar-refractivity contribution in [2.75, 3.05) is 26.3 Å². The minimum atomic E-state index is -0.960. The number of aliphatic hydroxyl groups excluding tert-OH is 1. The highest BCUT2D eigenvalue weighted by Gasteiger charge is 2.21. The van der Waals surface area contributed by atoms with Gasteiger partial charge in [0.25, 0.3) is 0 Å². The molecule has 0 aliphatic heterocycles. The number of hydrogen-bond acceptors (Lipinski definition) is 3. The molecule has 0 spiro atoms. The minimum absolute atomic E-state index is 0.0260. The minimum Gasteiger partial charge on any atom is -0.386 e. The van der Waals surface area contributed by atoms with Gasteiger partial charge in [0.1, 0.15) is 0 Å². The normalized spacial score (nSPS) is 15.4. The molecule has 7 heteroatoms. The van der Waals surface area contributed by atoms with Crippen LogP contribution in [0.1, 0.15) is 24.5 Å². The number of urea groups is 1. The largest absolute Gasteiger partial charge is 0.386 e. The summed E-state index contributed by atoms with van der Waals surface area (Å²) in [7, 11) is 0. The number of rotatable bonds is 8. The first kappa shape index (κ1) is 17.3. The Balaban J connectivity index is 1.64. The first-order valence-electron chi connectivity index (χ1n) is 7.29. The topological polar surface area (TPSA) is 70.6 Å². The lowest BCUT2D eigenvalue weighted by Crippen LogP contribution is -2.39. The number of ether oxygens (including phenoxy) is 1. The van der Waals surface area contributed by atoms with E-state index in [0.717, 1.165) is 6.61 Å². The van der Waals surface area contributed by atoms with E-state index in [1.54, 1.807) is 18.2 Å². The van der Waals surface area contributed by atoms with E-state index in [-0.39, 0.29) is 12.6 Å². The summed E-state index contributed by atoms with van der Waals surface area (Å²) in [5.41, 5.74) is 0.416. The molecule has 1 atom stereocenters. The standard InChI is InChI=1S/C15H20Cl2N2O3/c16-11-2-1-3-12(17)14(11)13(20)8-19-15(21)18-6-7-22-9-10-4-5-10/h1-3,10,13,20H,4-9H2,(H2,18,19,21). The van der Waals surface area contributed by atoms with Gasteiger partial charge in [-0.2, -0.15) is 0 Å². The molecule has 3 N–H and O–H groups in total. The van der Waals surface area contributed by atoms with Crippen molar-refractivity contribution in [1.82, 2.24) is 10.6 Å². The van der Waals surface area contributed by atoms with E-state index in [2.05, 4.69) is 10.6 Å². The second-order valence-electron chi connectivity index (χ2n) is 5.31. The molecule has 5 nitrogen and oxygen atoms in total. The number of hydrogen-bond donors (Lipinski definition) is 3. The molecule has 22 heavy (non-hydrogen) atoms. The Labute approximate surface area is 139 Å². The molecule has 1 unspecified atom stereocenters. The van der Waals surface area contributed by atoms with Gasteiger partial charge in [-0.25, -0.2) is 4.79 Å². The summed E-state index contributed by atoms with van der Waals surface area (Å²) in [6, 6.07) is 4.62. The van der Waals surface area contributed by atoms with E-state index < -0.39 is 6.10 Å². The monoisotopic (exact) mass is 346 g/mol. The third kappa shape index (κ3) is 5.65. The van der Waals surface area contributed by atoms with Gasteiger partial charge in [0.05, 0.1) is 12.7 Å². The Morgan fingerprint density at radius 3 is 2.64 bits per heavy atom. The molecule has 1 aliphatic carbocycles. The molecular weight excluding hydrogens is 327 g/mol. The van der Waals surface area contributed by atoms with Crippen LogP contribution in [0.2, 0.25) is 10.0 Å². The maximum absolute atomic E-state index is 11.6. The maximum atomic E-state index is 11.6. The smallest absolute Gasteiger partial charge is 0.314 e. The van der Waals surface area contributed by atoms with Crippen molar-refractivity contribution in [2.24, 2.45) is 5.92 Å². The average Bonchev–Trinajstić information content (AvgIpc) is 3.29. The third-order valence-electron chi connectivity index (χ3n) is 3.37. The molecule has 0 aromatic heterocycles. The highest BCUT2D eigenvalue weighted by Crippen LogP contribution is 2.30. The lowest BCUT2D eigenvalue weighted by Gasteiger charge is -2.15. The van der Waals surface area contributed by atoms with Crippen LogP contribution < -0.4 is 10.6 Å². The average molecular weight is 347 g/mol. The Bertz CT molecular complexity index is 489. The van der Waals surface area contributed by atoms with Gasteiger partial charge in [-0.1, -0.05) is 29.3 Å².